The molecule has 3 heterocycles. The minimum atomic E-state index is -0.735. The van der Waals surface area contributed by atoms with Gasteiger partial charge < -0.3 is 15.0 Å². The van der Waals surface area contributed by atoms with Gasteiger partial charge in [0.15, 0.2) is 5.82 Å². The molecule has 2 bridgehead atoms. The second-order valence-electron chi connectivity index (χ2n) is 9.79. The standard InChI is InChI=1S/C24H30N4O4S/c1-14-9-10-25-20(27-23(31)32-24(2,3)4)18(14)26-21(29)22(30)28-13-15-7-8-16(12-15)19(28)17-6-5-11-33-17/h5-6,9-11,15-16,19H,7-8,12-13H2,1-4H3,(H,26,29)(H,25,27,31)/t15-,16+,19-/m0/s1. The molecular formula is C24H30N4O4S. The van der Waals surface area contributed by atoms with Crippen molar-refractivity contribution in [1.82, 2.24) is 9.88 Å². The van der Waals surface area contributed by atoms with Gasteiger partial charge in [0.2, 0.25) is 0 Å². The van der Waals surface area contributed by atoms with Crippen LogP contribution in [0, 0.1) is 18.8 Å². The number of rotatable bonds is 3. The highest BCUT2D eigenvalue weighted by Crippen LogP contribution is 2.48. The Morgan fingerprint density at radius 2 is 1.97 bits per heavy atom. The number of pyridine rings is 1. The largest absolute Gasteiger partial charge is 0.444 e. The van der Waals surface area contributed by atoms with Crippen molar-refractivity contribution < 1.29 is 19.1 Å². The third-order valence-corrected chi connectivity index (χ3v) is 7.07. The molecule has 9 heteroatoms. The monoisotopic (exact) mass is 470 g/mol. The number of anilines is 2. The molecule has 0 unspecified atom stereocenters. The first-order valence-electron chi connectivity index (χ1n) is 11.2. The van der Waals surface area contributed by atoms with E-state index in [1.54, 1.807) is 50.0 Å². The van der Waals surface area contributed by atoms with Crippen LogP contribution in [0.1, 0.15) is 56.5 Å². The van der Waals surface area contributed by atoms with Crippen molar-refractivity contribution in [2.75, 3.05) is 17.2 Å². The fourth-order valence-corrected chi connectivity index (χ4v) is 5.71. The second kappa shape index (κ2) is 9.13. The van der Waals surface area contributed by atoms with Gasteiger partial charge in [0.05, 0.1) is 11.7 Å². The number of nitrogens with zero attached hydrogens (tertiary/aromatic N) is 2. The topological polar surface area (TPSA) is 101 Å². The lowest BCUT2D eigenvalue weighted by atomic mass is 9.89. The fraction of sp³-hybridized carbons (Fsp3) is 0.500. The number of carbonyl (C=O) groups excluding carboxylic acids is 3. The summed E-state index contributed by atoms with van der Waals surface area (Å²) in [6.45, 7) is 7.63. The number of carbonyl (C=O) groups is 3. The molecule has 0 radical (unpaired) electrons. The number of hydrogen-bond acceptors (Lipinski definition) is 6. The van der Waals surface area contributed by atoms with Crippen LogP contribution in [0.25, 0.3) is 0 Å². The first kappa shape index (κ1) is 23.2. The van der Waals surface area contributed by atoms with Gasteiger partial charge in [-0.25, -0.2) is 9.78 Å². The number of ether oxygens (including phenoxy) is 1. The average molecular weight is 471 g/mol. The van der Waals surface area contributed by atoms with E-state index in [-0.39, 0.29) is 17.5 Å². The van der Waals surface area contributed by atoms with Crippen molar-refractivity contribution in [2.45, 2.75) is 58.6 Å². The van der Waals surface area contributed by atoms with E-state index in [2.05, 4.69) is 15.6 Å². The zero-order chi connectivity index (χ0) is 23.8. The van der Waals surface area contributed by atoms with Gasteiger partial charge >= 0.3 is 17.9 Å². The maximum atomic E-state index is 13.3. The summed E-state index contributed by atoms with van der Waals surface area (Å²) in [5.74, 6) is -0.340. The van der Waals surface area contributed by atoms with Crippen LogP contribution in [0.4, 0.5) is 16.3 Å². The second-order valence-corrected chi connectivity index (χ2v) is 10.8. The van der Waals surface area contributed by atoms with Gasteiger partial charge in [0.25, 0.3) is 0 Å². The highest BCUT2D eigenvalue weighted by Gasteiger charge is 2.45. The van der Waals surface area contributed by atoms with E-state index in [0.717, 1.165) is 24.1 Å². The minimum absolute atomic E-state index is 0.0728. The molecule has 1 saturated heterocycles. The zero-order valence-electron chi connectivity index (χ0n) is 19.4. The molecule has 3 atom stereocenters. The number of amides is 3. The Balaban J connectivity index is 1.53. The van der Waals surface area contributed by atoms with Gasteiger partial charge in [-0.3, -0.25) is 14.9 Å². The Labute approximate surface area is 197 Å². The Morgan fingerprint density at radius 3 is 2.67 bits per heavy atom. The van der Waals surface area contributed by atoms with E-state index < -0.39 is 23.5 Å². The van der Waals surface area contributed by atoms with E-state index in [4.69, 9.17) is 4.74 Å². The van der Waals surface area contributed by atoms with Crippen molar-refractivity contribution in [3.63, 3.8) is 0 Å². The minimum Gasteiger partial charge on any atom is -0.444 e. The van der Waals surface area contributed by atoms with Crippen LogP contribution < -0.4 is 10.6 Å². The summed E-state index contributed by atoms with van der Waals surface area (Å²) >= 11 is 1.62. The van der Waals surface area contributed by atoms with E-state index >= 15 is 0 Å². The van der Waals surface area contributed by atoms with Gasteiger partial charge in [0, 0.05) is 17.6 Å². The van der Waals surface area contributed by atoms with Crippen LogP contribution in [0.3, 0.4) is 0 Å². The maximum Gasteiger partial charge on any atom is 0.413 e. The number of aryl methyl sites for hydroxylation is 1. The normalized spacial score (nSPS) is 22.1. The van der Waals surface area contributed by atoms with Gasteiger partial charge in [0.1, 0.15) is 5.60 Å². The van der Waals surface area contributed by atoms with Crippen molar-refractivity contribution in [3.05, 3.63) is 40.2 Å². The summed E-state index contributed by atoms with van der Waals surface area (Å²) in [6.07, 6.45) is 4.09. The third-order valence-electron chi connectivity index (χ3n) is 6.13. The average Bonchev–Trinajstić information content (AvgIpc) is 3.39. The summed E-state index contributed by atoms with van der Waals surface area (Å²) in [6, 6.07) is 5.66. The number of likely N-dealkylation sites (tertiary alicyclic amines) is 1. The SMILES string of the molecule is Cc1ccnc(NC(=O)OC(C)(C)C)c1NC(=O)C(=O)N1C[C@H]2CC[C@H](C2)[C@H]1c1cccs1. The summed E-state index contributed by atoms with van der Waals surface area (Å²) in [5.41, 5.74) is 0.276. The Bertz CT molecular complexity index is 1050. The predicted octanol–water partition coefficient (Wildman–Crippen LogP) is 4.74. The molecule has 33 heavy (non-hydrogen) atoms. The zero-order valence-corrected chi connectivity index (χ0v) is 20.2. The quantitative estimate of drug-likeness (QED) is 0.631. The lowest BCUT2D eigenvalue weighted by molar-refractivity contribution is -0.147. The number of fused-ring (bicyclic) bond motifs is 2. The summed E-state index contributed by atoms with van der Waals surface area (Å²) < 4.78 is 5.29. The molecule has 1 saturated carbocycles. The molecule has 1 aliphatic carbocycles. The Hall–Kier alpha value is -2.94. The molecule has 3 amide bonds. The Kier molecular flexibility index (Phi) is 6.43. The summed E-state index contributed by atoms with van der Waals surface area (Å²) in [7, 11) is 0. The molecule has 1 aliphatic heterocycles. The maximum absolute atomic E-state index is 13.3. The van der Waals surface area contributed by atoms with Crippen molar-refractivity contribution >= 4 is 40.7 Å². The third kappa shape index (κ3) is 5.19. The number of thiophene rings is 1. The molecular weight excluding hydrogens is 440 g/mol. The molecule has 176 valence electrons. The summed E-state index contributed by atoms with van der Waals surface area (Å²) in [4.78, 5) is 45.7. The molecule has 2 fully saturated rings. The molecule has 0 spiro atoms. The Morgan fingerprint density at radius 1 is 1.18 bits per heavy atom. The molecule has 2 aliphatic rings. The van der Waals surface area contributed by atoms with Gasteiger partial charge in [-0.15, -0.1) is 11.3 Å². The van der Waals surface area contributed by atoms with Crippen molar-refractivity contribution in [1.29, 1.82) is 0 Å². The lowest BCUT2D eigenvalue weighted by Crippen LogP contribution is -2.47. The fourth-order valence-electron chi connectivity index (χ4n) is 4.78. The highest BCUT2D eigenvalue weighted by molar-refractivity contribution is 7.10. The van der Waals surface area contributed by atoms with Gasteiger partial charge in [-0.2, -0.15) is 0 Å². The summed E-state index contributed by atoms with van der Waals surface area (Å²) in [5, 5.41) is 7.28. The van der Waals surface area contributed by atoms with Crippen molar-refractivity contribution in [2.24, 2.45) is 11.8 Å². The van der Waals surface area contributed by atoms with Crippen LogP contribution in [0.5, 0.6) is 0 Å². The van der Waals surface area contributed by atoms with Crippen LogP contribution in [-0.2, 0) is 14.3 Å². The van der Waals surface area contributed by atoms with E-state index in [9.17, 15) is 14.4 Å². The number of hydrogen-bond donors (Lipinski definition) is 2. The molecule has 2 aromatic rings. The van der Waals surface area contributed by atoms with E-state index in [1.165, 1.54) is 6.20 Å². The van der Waals surface area contributed by atoms with Crippen LogP contribution in [0.2, 0.25) is 0 Å². The number of aromatic nitrogens is 1. The molecule has 8 nitrogen and oxygen atoms in total. The smallest absolute Gasteiger partial charge is 0.413 e. The van der Waals surface area contributed by atoms with Crippen LogP contribution >= 0.6 is 11.3 Å². The first-order chi connectivity index (χ1) is 15.6. The number of nitrogens with one attached hydrogen (secondary N) is 2. The molecule has 4 rings (SSSR count). The predicted molar refractivity (Wildman–Crippen MR) is 127 cm³/mol. The number of piperidine rings is 1. The van der Waals surface area contributed by atoms with Gasteiger partial charge in [-0.05, 0) is 81.9 Å². The lowest BCUT2D eigenvalue weighted by Gasteiger charge is -2.39. The molecule has 2 aromatic heterocycles. The van der Waals surface area contributed by atoms with Crippen LogP contribution in [-0.4, -0.2) is 39.9 Å². The first-order valence-corrected chi connectivity index (χ1v) is 12.1. The van der Waals surface area contributed by atoms with Gasteiger partial charge in [-0.1, -0.05) is 6.07 Å². The molecule has 0 aromatic carbocycles. The van der Waals surface area contributed by atoms with Crippen LogP contribution in [0.15, 0.2) is 29.8 Å². The highest BCUT2D eigenvalue weighted by atomic mass is 32.1. The van der Waals surface area contributed by atoms with E-state index in [0.29, 0.717) is 23.9 Å². The van der Waals surface area contributed by atoms with E-state index in [1.807, 2.05) is 17.5 Å². The van der Waals surface area contributed by atoms with Crippen molar-refractivity contribution in [3.8, 4) is 0 Å². The molecule has 2 N–H and O–H groups in total.